The maximum absolute atomic E-state index is 2.42. The van der Waals surface area contributed by atoms with Crippen LogP contribution in [0.15, 0.2) is 18.2 Å². The fourth-order valence-electron chi connectivity index (χ4n) is 2.30. The molecule has 1 aliphatic carbocycles. The van der Waals surface area contributed by atoms with Gasteiger partial charge in [-0.15, -0.1) is 0 Å². The lowest BCUT2D eigenvalue weighted by atomic mass is 9.83. The largest absolute Gasteiger partial charge is 0.269 e. The molecule has 0 N–H and O–H groups in total. The van der Waals surface area contributed by atoms with Crippen LogP contribution in [0.2, 0.25) is 0 Å². The van der Waals surface area contributed by atoms with E-state index in [0.717, 1.165) is 5.92 Å². The van der Waals surface area contributed by atoms with E-state index in [1.54, 1.807) is 11.1 Å². The van der Waals surface area contributed by atoms with Crippen LogP contribution in [0.3, 0.4) is 0 Å². The molecule has 1 aliphatic rings. The Balaban J connectivity index is 0.000000980. The van der Waals surface area contributed by atoms with Crippen molar-refractivity contribution in [3.63, 3.8) is 0 Å². The predicted octanol–water partition coefficient (Wildman–Crippen LogP) is 3.84. The quantitative estimate of drug-likeness (QED) is 0.637. The van der Waals surface area contributed by atoms with E-state index >= 15 is 0 Å². The number of rotatable bonds is 1. The highest BCUT2D eigenvalue weighted by Crippen LogP contribution is 2.31. The molecule has 1 aromatic carbocycles. The van der Waals surface area contributed by atoms with Gasteiger partial charge in [-0.25, -0.2) is 0 Å². The average molecular weight is 194 g/mol. The highest BCUT2D eigenvalue weighted by molar-refractivity contribution is 5.36. The summed E-state index contributed by atoms with van der Waals surface area (Å²) in [5, 5.41) is 0. The molecule has 0 spiro atoms. The minimum absolute atomic E-state index is 0. The average Bonchev–Trinajstić information content (AvgIpc) is 2.18. The monoisotopic (exact) mass is 194 g/mol. The summed E-state index contributed by atoms with van der Waals surface area (Å²) in [7, 11) is 0. The lowest BCUT2D eigenvalue weighted by Gasteiger charge is -2.22. The van der Waals surface area contributed by atoms with Crippen molar-refractivity contribution >= 4 is 0 Å². The van der Waals surface area contributed by atoms with Crippen molar-refractivity contribution in [2.45, 2.75) is 45.4 Å². The Morgan fingerprint density at radius 2 is 2.14 bits per heavy atom. The third kappa shape index (κ3) is 1.97. The van der Waals surface area contributed by atoms with Crippen molar-refractivity contribution in [1.29, 1.82) is 0 Å². The summed E-state index contributed by atoms with van der Waals surface area (Å²) in [4.78, 5) is 0. The van der Waals surface area contributed by atoms with Gasteiger partial charge in [0.05, 0.1) is 0 Å². The van der Waals surface area contributed by atoms with Gasteiger partial charge in [0.25, 0.3) is 0 Å². The minimum Gasteiger partial charge on any atom is -0.269 e. The van der Waals surface area contributed by atoms with E-state index in [2.05, 4.69) is 32.0 Å². The third-order valence-corrected chi connectivity index (χ3v) is 3.23. The first kappa shape index (κ1) is 11.2. The smallest absolute Gasteiger partial charge is 0.0187 e. The van der Waals surface area contributed by atoms with Crippen molar-refractivity contribution in [2.75, 3.05) is 0 Å². The molecule has 2 rings (SSSR count). The molecular formula is C13H19F. The van der Waals surface area contributed by atoms with Crippen LogP contribution in [0.5, 0.6) is 0 Å². The molecule has 78 valence electrons. The van der Waals surface area contributed by atoms with E-state index in [-0.39, 0.29) is 4.70 Å². The van der Waals surface area contributed by atoms with Gasteiger partial charge in [-0.3, -0.25) is 4.70 Å². The molecule has 0 saturated carbocycles. The van der Waals surface area contributed by atoms with Gasteiger partial charge in [0.1, 0.15) is 0 Å². The Labute approximate surface area is 85.7 Å². The van der Waals surface area contributed by atoms with E-state index in [1.165, 1.54) is 31.2 Å². The van der Waals surface area contributed by atoms with Gasteiger partial charge in [0.15, 0.2) is 0 Å². The van der Waals surface area contributed by atoms with E-state index in [9.17, 15) is 0 Å². The Bertz CT molecular complexity index is 304. The van der Waals surface area contributed by atoms with Gasteiger partial charge >= 0.3 is 0 Å². The molecule has 1 unspecified atom stereocenters. The second-order valence-electron chi connectivity index (χ2n) is 4.18. The van der Waals surface area contributed by atoms with Crippen molar-refractivity contribution in [3.8, 4) is 0 Å². The van der Waals surface area contributed by atoms with Crippen molar-refractivity contribution in [1.82, 2.24) is 0 Å². The van der Waals surface area contributed by atoms with Crippen molar-refractivity contribution < 1.29 is 4.70 Å². The molecule has 1 atom stereocenters. The summed E-state index contributed by atoms with van der Waals surface area (Å²) in [6.45, 7) is 4.59. The fraction of sp³-hybridized carbons (Fsp3) is 0.538. The highest BCUT2D eigenvalue weighted by Gasteiger charge is 2.15. The third-order valence-electron chi connectivity index (χ3n) is 3.23. The zero-order chi connectivity index (χ0) is 9.26. The number of hydrogen-bond donors (Lipinski definition) is 0. The zero-order valence-corrected chi connectivity index (χ0v) is 9.05. The summed E-state index contributed by atoms with van der Waals surface area (Å²) < 4.78 is 0. The first-order valence-electron chi connectivity index (χ1n) is 5.43. The van der Waals surface area contributed by atoms with Gasteiger partial charge in [0, 0.05) is 0 Å². The van der Waals surface area contributed by atoms with Crippen LogP contribution in [0.25, 0.3) is 0 Å². The van der Waals surface area contributed by atoms with Crippen LogP contribution < -0.4 is 0 Å². The lowest BCUT2D eigenvalue weighted by molar-refractivity contribution is 0.589. The second kappa shape index (κ2) is 4.59. The van der Waals surface area contributed by atoms with Gasteiger partial charge in [-0.2, -0.15) is 0 Å². The fourth-order valence-corrected chi connectivity index (χ4v) is 2.30. The van der Waals surface area contributed by atoms with Gasteiger partial charge < -0.3 is 0 Å². The van der Waals surface area contributed by atoms with Crippen LogP contribution in [0, 0.1) is 0 Å². The summed E-state index contributed by atoms with van der Waals surface area (Å²) in [6, 6.07) is 7.04. The topological polar surface area (TPSA) is 0 Å². The lowest BCUT2D eigenvalue weighted by Crippen LogP contribution is -2.07. The van der Waals surface area contributed by atoms with E-state index in [0.29, 0.717) is 0 Å². The Hall–Kier alpha value is -0.850. The SMILES string of the molecule is CCc1ccc2c(c1)C(C)CCC2.F. The molecule has 0 saturated heterocycles. The van der Waals surface area contributed by atoms with Crippen LogP contribution in [0.4, 0.5) is 4.70 Å². The number of hydrogen-bond acceptors (Lipinski definition) is 0. The molecule has 0 heterocycles. The summed E-state index contributed by atoms with van der Waals surface area (Å²) in [5.74, 6) is 0.787. The molecule has 0 radical (unpaired) electrons. The van der Waals surface area contributed by atoms with Crippen LogP contribution >= 0.6 is 0 Å². The van der Waals surface area contributed by atoms with Crippen LogP contribution in [-0.2, 0) is 12.8 Å². The number of halogens is 1. The first-order valence-corrected chi connectivity index (χ1v) is 5.43. The zero-order valence-electron chi connectivity index (χ0n) is 9.05. The highest BCUT2D eigenvalue weighted by atomic mass is 19.0. The predicted molar refractivity (Wildman–Crippen MR) is 59.7 cm³/mol. The minimum atomic E-state index is 0. The van der Waals surface area contributed by atoms with Crippen LogP contribution in [-0.4, -0.2) is 0 Å². The number of fused-ring (bicyclic) bond motifs is 1. The number of aryl methyl sites for hydroxylation is 2. The molecule has 14 heavy (non-hydrogen) atoms. The maximum atomic E-state index is 2.42. The summed E-state index contributed by atoms with van der Waals surface area (Å²) in [6.07, 6.45) is 5.21. The Kier molecular flexibility index (Phi) is 3.68. The molecule has 0 amide bonds. The molecule has 0 aliphatic heterocycles. The van der Waals surface area contributed by atoms with Gasteiger partial charge in [0.2, 0.25) is 0 Å². The molecule has 0 fully saturated rings. The molecule has 0 bridgehead atoms. The first-order chi connectivity index (χ1) is 6.31. The Morgan fingerprint density at radius 3 is 2.86 bits per heavy atom. The maximum Gasteiger partial charge on any atom is -0.0187 e. The normalized spacial score (nSPS) is 19.7. The van der Waals surface area contributed by atoms with E-state index in [4.69, 9.17) is 0 Å². The number of benzene rings is 1. The second-order valence-corrected chi connectivity index (χ2v) is 4.18. The molecule has 0 nitrogen and oxygen atoms in total. The molecule has 1 aromatic rings. The van der Waals surface area contributed by atoms with E-state index in [1.807, 2.05) is 0 Å². The Morgan fingerprint density at radius 1 is 1.36 bits per heavy atom. The summed E-state index contributed by atoms with van der Waals surface area (Å²) >= 11 is 0. The van der Waals surface area contributed by atoms with Gasteiger partial charge in [-0.05, 0) is 48.3 Å². The van der Waals surface area contributed by atoms with Crippen LogP contribution in [0.1, 0.15) is 49.3 Å². The standard InChI is InChI=1S/C13H18.FH/c1-3-11-7-8-12-6-4-5-10(2)13(12)9-11;/h7-10H,3-6H2,1-2H3;1H. The molecule has 0 aromatic heterocycles. The summed E-state index contributed by atoms with van der Waals surface area (Å²) in [5.41, 5.74) is 4.70. The van der Waals surface area contributed by atoms with Crippen molar-refractivity contribution in [2.24, 2.45) is 0 Å². The molecule has 1 heteroatoms. The molecular weight excluding hydrogens is 175 g/mol. The van der Waals surface area contributed by atoms with Gasteiger partial charge in [-0.1, -0.05) is 32.0 Å². The van der Waals surface area contributed by atoms with E-state index < -0.39 is 0 Å². The van der Waals surface area contributed by atoms with Crippen molar-refractivity contribution in [3.05, 3.63) is 34.9 Å².